The molecule has 0 aliphatic rings. The first-order valence-electron chi connectivity index (χ1n) is 6.53. The van der Waals surface area contributed by atoms with Crippen LogP contribution in [0.3, 0.4) is 0 Å². The van der Waals surface area contributed by atoms with Crippen molar-refractivity contribution in [2.45, 2.75) is 19.4 Å². The Hall–Kier alpha value is -1.62. The Bertz CT molecular complexity index is 616. The van der Waals surface area contributed by atoms with Crippen LogP contribution in [-0.2, 0) is 6.42 Å². The Labute approximate surface area is 131 Å². The van der Waals surface area contributed by atoms with Gasteiger partial charge in [-0.05, 0) is 53.0 Å². The third kappa shape index (κ3) is 4.17. The van der Waals surface area contributed by atoms with Crippen LogP contribution in [0.4, 0.5) is 14.5 Å². The van der Waals surface area contributed by atoms with E-state index in [1.54, 1.807) is 7.11 Å². The van der Waals surface area contributed by atoms with Crippen molar-refractivity contribution in [3.8, 4) is 5.75 Å². The second-order valence-corrected chi connectivity index (χ2v) is 5.70. The highest BCUT2D eigenvalue weighted by Crippen LogP contribution is 2.24. The number of benzene rings is 2. The molecule has 0 radical (unpaired) electrons. The van der Waals surface area contributed by atoms with Gasteiger partial charge in [0.25, 0.3) is 0 Å². The summed E-state index contributed by atoms with van der Waals surface area (Å²) in [6.45, 7) is 1.95. The van der Waals surface area contributed by atoms with E-state index in [1.807, 2.05) is 31.2 Å². The molecule has 1 unspecified atom stereocenters. The molecule has 0 heterocycles. The van der Waals surface area contributed by atoms with Crippen LogP contribution in [0.25, 0.3) is 0 Å². The second kappa shape index (κ2) is 6.89. The summed E-state index contributed by atoms with van der Waals surface area (Å²) in [5, 5.41) is 3.05. The first-order valence-corrected chi connectivity index (χ1v) is 7.33. The minimum Gasteiger partial charge on any atom is -0.497 e. The lowest BCUT2D eigenvalue weighted by Crippen LogP contribution is -2.19. The molecule has 0 amide bonds. The van der Waals surface area contributed by atoms with Crippen molar-refractivity contribution >= 4 is 21.6 Å². The number of anilines is 1. The van der Waals surface area contributed by atoms with Crippen LogP contribution in [0.15, 0.2) is 40.9 Å². The number of ether oxygens (including phenoxy) is 1. The van der Waals surface area contributed by atoms with Gasteiger partial charge in [-0.3, -0.25) is 0 Å². The van der Waals surface area contributed by atoms with E-state index in [4.69, 9.17) is 4.74 Å². The fraction of sp³-hybridized carbons (Fsp3) is 0.250. The van der Waals surface area contributed by atoms with Gasteiger partial charge in [0.05, 0.1) is 17.3 Å². The molecule has 0 aromatic heterocycles. The molecular formula is C16H16BrF2NO. The van der Waals surface area contributed by atoms with Gasteiger partial charge in [0.2, 0.25) is 0 Å². The predicted octanol–water partition coefficient (Wildman–Crippen LogP) is 4.78. The van der Waals surface area contributed by atoms with Gasteiger partial charge in [-0.2, -0.15) is 0 Å². The highest BCUT2D eigenvalue weighted by Gasteiger charge is 2.11. The number of halogens is 3. The normalized spacial score (nSPS) is 12.0. The number of hydrogen-bond donors (Lipinski definition) is 1. The number of hydrogen-bond acceptors (Lipinski definition) is 2. The molecule has 0 saturated heterocycles. The maximum absolute atomic E-state index is 13.7. The van der Waals surface area contributed by atoms with Crippen molar-refractivity contribution in [1.29, 1.82) is 0 Å². The molecule has 5 heteroatoms. The molecule has 0 aliphatic heterocycles. The van der Waals surface area contributed by atoms with Crippen LogP contribution in [-0.4, -0.2) is 13.2 Å². The van der Waals surface area contributed by atoms with Gasteiger partial charge in [-0.15, -0.1) is 0 Å². The molecule has 0 bridgehead atoms. The van der Waals surface area contributed by atoms with E-state index in [2.05, 4.69) is 21.2 Å². The summed E-state index contributed by atoms with van der Waals surface area (Å²) < 4.78 is 32.2. The van der Waals surface area contributed by atoms with E-state index in [0.29, 0.717) is 0 Å². The Kier molecular flexibility index (Phi) is 5.17. The quantitative estimate of drug-likeness (QED) is 0.779. The van der Waals surface area contributed by atoms with E-state index in [0.717, 1.165) is 23.8 Å². The topological polar surface area (TPSA) is 21.3 Å². The summed E-state index contributed by atoms with van der Waals surface area (Å²) >= 11 is 3.06. The molecule has 2 aromatic rings. The van der Waals surface area contributed by atoms with Crippen LogP contribution in [0, 0.1) is 11.6 Å². The number of nitrogens with one attached hydrogen (secondary N) is 1. The van der Waals surface area contributed by atoms with Crippen molar-refractivity contribution in [3.63, 3.8) is 0 Å². The molecule has 2 aromatic carbocycles. The molecule has 2 rings (SSSR count). The highest BCUT2D eigenvalue weighted by atomic mass is 79.9. The van der Waals surface area contributed by atoms with Crippen LogP contribution in [0.5, 0.6) is 5.75 Å². The summed E-state index contributed by atoms with van der Waals surface area (Å²) in [5.74, 6) is -0.411. The standard InChI is InChI=1S/C16H16BrF2NO/c1-10(7-11-3-5-12(21-2)6-4-11)20-16-8-13(17)14(18)9-15(16)19/h3-6,8-10,20H,7H2,1-2H3. The van der Waals surface area contributed by atoms with Crippen molar-refractivity contribution in [2.75, 3.05) is 12.4 Å². The first-order chi connectivity index (χ1) is 9.99. The van der Waals surface area contributed by atoms with E-state index in [1.165, 1.54) is 6.07 Å². The Balaban J connectivity index is 2.04. The van der Waals surface area contributed by atoms with Crippen molar-refractivity contribution < 1.29 is 13.5 Å². The number of methoxy groups -OCH3 is 1. The molecule has 0 spiro atoms. The molecule has 0 saturated carbocycles. The minimum absolute atomic E-state index is 0.00487. The van der Waals surface area contributed by atoms with Crippen molar-refractivity contribution in [3.05, 3.63) is 58.1 Å². The van der Waals surface area contributed by atoms with Gasteiger partial charge >= 0.3 is 0 Å². The first kappa shape index (κ1) is 15.8. The van der Waals surface area contributed by atoms with E-state index >= 15 is 0 Å². The third-order valence-corrected chi connectivity index (χ3v) is 3.72. The predicted molar refractivity (Wildman–Crippen MR) is 83.8 cm³/mol. The molecule has 1 atom stereocenters. The number of rotatable bonds is 5. The molecule has 112 valence electrons. The lowest BCUT2D eigenvalue weighted by molar-refractivity contribution is 0.414. The van der Waals surface area contributed by atoms with Crippen LogP contribution >= 0.6 is 15.9 Å². The Morgan fingerprint density at radius 3 is 2.43 bits per heavy atom. The molecule has 2 nitrogen and oxygen atoms in total. The fourth-order valence-electron chi connectivity index (χ4n) is 2.06. The zero-order valence-electron chi connectivity index (χ0n) is 11.8. The van der Waals surface area contributed by atoms with E-state index in [9.17, 15) is 8.78 Å². The Morgan fingerprint density at radius 2 is 1.81 bits per heavy atom. The average molecular weight is 356 g/mol. The van der Waals surface area contributed by atoms with E-state index < -0.39 is 11.6 Å². The smallest absolute Gasteiger partial charge is 0.149 e. The molecule has 0 aliphatic carbocycles. The van der Waals surface area contributed by atoms with Crippen LogP contribution in [0.1, 0.15) is 12.5 Å². The van der Waals surface area contributed by atoms with Gasteiger partial charge in [0, 0.05) is 12.1 Å². The zero-order chi connectivity index (χ0) is 15.4. The average Bonchev–Trinajstić information content (AvgIpc) is 2.45. The van der Waals surface area contributed by atoms with Crippen LogP contribution in [0.2, 0.25) is 0 Å². The summed E-state index contributed by atoms with van der Waals surface area (Å²) in [6, 6.07) is 9.99. The lowest BCUT2D eigenvalue weighted by Gasteiger charge is -2.16. The van der Waals surface area contributed by atoms with Crippen molar-refractivity contribution in [1.82, 2.24) is 0 Å². The second-order valence-electron chi connectivity index (χ2n) is 4.84. The van der Waals surface area contributed by atoms with Gasteiger partial charge in [0.1, 0.15) is 17.4 Å². The van der Waals surface area contributed by atoms with Gasteiger partial charge in [-0.1, -0.05) is 12.1 Å². The molecule has 0 fully saturated rings. The highest BCUT2D eigenvalue weighted by molar-refractivity contribution is 9.10. The van der Waals surface area contributed by atoms with Gasteiger partial charge < -0.3 is 10.1 Å². The van der Waals surface area contributed by atoms with Gasteiger partial charge in [0.15, 0.2) is 0 Å². The summed E-state index contributed by atoms with van der Waals surface area (Å²) in [7, 11) is 1.62. The van der Waals surface area contributed by atoms with Gasteiger partial charge in [-0.25, -0.2) is 8.78 Å². The minimum atomic E-state index is -0.610. The van der Waals surface area contributed by atoms with Crippen LogP contribution < -0.4 is 10.1 Å². The zero-order valence-corrected chi connectivity index (χ0v) is 13.4. The molecule has 21 heavy (non-hydrogen) atoms. The maximum Gasteiger partial charge on any atom is 0.149 e. The van der Waals surface area contributed by atoms with Crippen molar-refractivity contribution in [2.24, 2.45) is 0 Å². The fourth-order valence-corrected chi connectivity index (χ4v) is 2.41. The Morgan fingerprint density at radius 1 is 1.14 bits per heavy atom. The summed E-state index contributed by atoms with van der Waals surface area (Å²) in [4.78, 5) is 0. The maximum atomic E-state index is 13.7. The summed E-state index contributed by atoms with van der Waals surface area (Å²) in [5.41, 5.74) is 1.39. The lowest BCUT2D eigenvalue weighted by atomic mass is 10.1. The molecular weight excluding hydrogens is 340 g/mol. The third-order valence-electron chi connectivity index (χ3n) is 3.11. The van der Waals surface area contributed by atoms with E-state index in [-0.39, 0.29) is 16.2 Å². The monoisotopic (exact) mass is 355 g/mol. The largest absolute Gasteiger partial charge is 0.497 e. The SMILES string of the molecule is COc1ccc(CC(C)Nc2cc(Br)c(F)cc2F)cc1. The summed E-state index contributed by atoms with van der Waals surface area (Å²) in [6.07, 6.45) is 0.721. The molecule has 1 N–H and O–H groups in total.